The molecule has 0 aliphatic carbocycles. The van der Waals surface area contributed by atoms with Crippen molar-refractivity contribution < 1.29 is 28.7 Å². The summed E-state index contributed by atoms with van der Waals surface area (Å²) < 4.78 is 4.73. The number of amides is 6. The van der Waals surface area contributed by atoms with Gasteiger partial charge in [-0.1, -0.05) is 13.8 Å². The fourth-order valence-corrected chi connectivity index (χ4v) is 2.42. The van der Waals surface area contributed by atoms with Gasteiger partial charge in [-0.3, -0.25) is 24.6 Å². The summed E-state index contributed by atoms with van der Waals surface area (Å²) in [5, 5.41) is 7.03. The van der Waals surface area contributed by atoms with Gasteiger partial charge in [0, 0.05) is 6.04 Å². The van der Waals surface area contributed by atoms with E-state index in [4.69, 9.17) is 4.74 Å². The lowest BCUT2D eigenvalue weighted by molar-refractivity contribution is -0.150. The third-order valence-electron chi connectivity index (χ3n) is 3.89. The zero-order valence-corrected chi connectivity index (χ0v) is 16.4. The molecule has 0 aromatic rings. The van der Waals surface area contributed by atoms with Crippen LogP contribution in [0.4, 0.5) is 9.59 Å². The van der Waals surface area contributed by atoms with E-state index in [1.165, 1.54) is 0 Å². The molecule has 0 unspecified atom stereocenters. The van der Waals surface area contributed by atoms with Gasteiger partial charge in [-0.25, -0.2) is 9.59 Å². The van der Waals surface area contributed by atoms with Crippen molar-refractivity contribution in [1.29, 1.82) is 0 Å². The molecular weight excluding hydrogens is 356 g/mol. The van der Waals surface area contributed by atoms with Gasteiger partial charge in [0.1, 0.15) is 12.1 Å². The molecule has 3 N–H and O–H groups in total. The quantitative estimate of drug-likeness (QED) is 0.412. The molecule has 0 radical (unpaired) electrons. The zero-order chi connectivity index (χ0) is 20.8. The van der Waals surface area contributed by atoms with E-state index in [1.807, 2.05) is 19.2 Å². The Kier molecular flexibility index (Phi) is 7.74. The van der Waals surface area contributed by atoms with Gasteiger partial charge in [0.2, 0.25) is 0 Å². The number of imide groups is 2. The molecule has 27 heavy (non-hydrogen) atoms. The van der Waals surface area contributed by atoms with E-state index in [1.54, 1.807) is 20.8 Å². The molecule has 1 rings (SSSR count). The van der Waals surface area contributed by atoms with E-state index >= 15 is 0 Å². The number of esters is 1. The first-order valence-corrected chi connectivity index (χ1v) is 8.84. The lowest BCUT2D eigenvalue weighted by Crippen LogP contribution is -2.45. The Morgan fingerprint density at radius 3 is 2.37 bits per heavy atom. The largest absolute Gasteiger partial charge is 0.454 e. The van der Waals surface area contributed by atoms with Crippen LogP contribution >= 0.6 is 0 Å². The first-order chi connectivity index (χ1) is 12.4. The molecule has 1 heterocycles. The molecule has 0 spiro atoms. The fourth-order valence-electron chi connectivity index (χ4n) is 2.42. The number of nitrogens with one attached hydrogen (secondary N) is 3. The Morgan fingerprint density at radius 2 is 1.81 bits per heavy atom. The summed E-state index contributed by atoms with van der Waals surface area (Å²) in [6.07, 6.45) is 1.19. The lowest BCUT2D eigenvalue weighted by atomic mass is 9.92. The molecule has 152 valence electrons. The molecule has 1 aliphatic heterocycles. The van der Waals surface area contributed by atoms with Crippen molar-refractivity contribution in [3.63, 3.8) is 0 Å². The number of carbonyl (C=O) groups is 5. The van der Waals surface area contributed by atoms with E-state index in [2.05, 4.69) is 10.6 Å². The molecule has 0 saturated carbocycles. The predicted molar refractivity (Wildman–Crippen MR) is 95.5 cm³/mol. The molecule has 0 aromatic heterocycles. The maximum Gasteiger partial charge on any atom is 0.326 e. The second kappa shape index (κ2) is 9.33. The minimum absolute atomic E-state index is 0.162. The number of carbonyl (C=O) groups excluding carboxylic acids is 5. The summed E-state index contributed by atoms with van der Waals surface area (Å²) in [5.74, 6) is -1.89. The van der Waals surface area contributed by atoms with E-state index < -0.39 is 48.5 Å². The molecular formula is C17H28N4O6. The van der Waals surface area contributed by atoms with Crippen LogP contribution in [0.25, 0.3) is 0 Å². The highest BCUT2D eigenvalue weighted by Gasteiger charge is 2.48. The maximum atomic E-state index is 12.5. The highest BCUT2D eigenvalue weighted by atomic mass is 16.5. The van der Waals surface area contributed by atoms with Crippen molar-refractivity contribution in [2.75, 3.05) is 13.2 Å². The van der Waals surface area contributed by atoms with Crippen LogP contribution in [0.2, 0.25) is 0 Å². The number of hydrogen-bond donors (Lipinski definition) is 3. The van der Waals surface area contributed by atoms with Crippen LogP contribution in [0, 0.1) is 5.92 Å². The average molecular weight is 384 g/mol. The van der Waals surface area contributed by atoms with Gasteiger partial charge in [-0.2, -0.15) is 0 Å². The smallest absolute Gasteiger partial charge is 0.326 e. The van der Waals surface area contributed by atoms with Crippen molar-refractivity contribution in [3.05, 3.63) is 0 Å². The summed E-state index contributed by atoms with van der Waals surface area (Å²) in [6.45, 7) is 7.76. The third-order valence-corrected chi connectivity index (χ3v) is 3.89. The fraction of sp³-hybridized carbons (Fsp3) is 0.706. The van der Waals surface area contributed by atoms with E-state index in [0.29, 0.717) is 12.3 Å². The Labute approximate surface area is 158 Å². The van der Waals surface area contributed by atoms with Gasteiger partial charge in [-0.05, 0) is 39.5 Å². The van der Waals surface area contributed by atoms with Crippen molar-refractivity contribution in [2.24, 2.45) is 5.92 Å². The van der Waals surface area contributed by atoms with Crippen molar-refractivity contribution >= 4 is 29.8 Å². The monoisotopic (exact) mass is 384 g/mol. The molecule has 1 fully saturated rings. The van der Waals surface area contributed by atoms with Crippen LogP contribution in [0.3, 0.4) is 0 Å². The second-order valence-corrected chi connectivity index (χ2v) is 7.42. The minimum Gasteiger partial charge on any atom is -0.454 e. The summed E-state index contributed by atoms with van der Waals surface area (Å²) >= 11 is 0. The molecule has 10 heteroatoms. The maximum absolute atomic E-state index is 12.5. The Morgan fingerprint density at radius 1 is 1.19 bits per heavy atom. The molecule has 0 bridgehead atoms. The summed E-state index contributed by atoms with van der Waals surface area (Å²) in [6, 6.07) is -1.55. The molecule has 0 aromatic carbocycles. The van der Waals surface area contributed by atoms with Crippen LogP contribution < -0.4 is 16.0 Å². The standard InChI is InChI=1S/C17H28N4O6/c1-10(2)6-7-17(5)14(24)21(16(26)20-17)8-13(23)27-9-12(22)19-15(25)18-11(3)4/h10-11H,6-9H2,1-5H3,(H,20,26)(H2,18,19,22,25)/t17-/m1/s1. The first kappa shape index (κ1) is 22.4. The van der Waals surface area contributed by atoms with Gasteiger partial charge in [0.25, 0.3) is 11.8 Å². The Balaban J connectivity index is 2.50. The van der Waals surface area contributed by atoms with Crippen LogP contribution in [-0.2, 0) is 19.1 Å². The molecule has 1 aliphatic rings. The topological polar surface area (TPSA) is 134 Å². The lowest BCUT2D eigenvalue weighted by Gasteiger charge is -2.22. The van der Waals surface area contributed by atoms with Crippen molar-refractivity contribution in [3.8, 4) is 0 Å². The number of nitrogens with zero attached hydrogens (tertiary/aromatic N) is 1. The average Bonchev–Trinajstić information content (AvgIpc) is 2.74. The second-order valence-electron chi connectivity index (χ2n) is 7.42. The SMILES string of the molecule is CC(C)CC[C@@]1(C)NC(=O)N(CC(=O)OCC(=O)NC(=O)NC(C)C)C1=O. The van der Waals surface area contributed by atoms with Gasteiger partial charge >= 0.3 is 18.0 Å². The number of ether oxygens (including phenoxy) is 1. The van der Waals surface area contributed by atoms with E-state index in [0.717, 1.165) is 11.3 Å². The van der Waals surface area contributed by atoms with Gasteiger partial charge in [-0.15, -0.1) is 0 Å². The Hall–Kier alpha value is -2.65. The minimum atomic E-state index is -1.06. The highest BCUT2D eigenvalue weighted by Crippen LogP contribution is 2.24. The predicted octanol–water partition coefficient (Wildman–Crippen LogP) is 0.511. The van der Waals surface area contributed by atoms with Gasteiger partial charge in [0.05, 0.1) is 0 Å². The third kappa shape index (κ3) is 6.87. The summed E-state index contributed by atoms with van der Waals surface area (Å²) in [4.78, 5) is 60.0. The zero-order valence-electron chi connectivity index (χ0n) is 16.4. The van der Waals surface area contributed by atoms with Gasteiger partial charge < -0.3 is 15.4 Å². The van der Waals surface area contributed by atoms with Crippen molar-refractivity contribution in [1.82, 2.24) is 20.9 Å². The first-order valence-electron chi connectivity index (χ1n) is 8.84. The molecule has 6 amide bonds. The molecule has 1 atom stereocenters. The van der Waals surface area contributed by atoms with E-state index in [-0.39, 0.29) is 6.04 Å². The van der Waals surface area contributed by atoms with E-state index in [9.17, 15) is 24.0 Å². The number of rotatable bonds is 8. The van der Waals surface area contributed by atoms with Gasteiger partial charge in [0.15, 0.2) is 6.61 Å². The molecule has 1 saturated heterocycles. The van der Waals surface area contributed by atoms with Crippen LogP contribution in [0.5, 0.6) is 0 Å². The highest BCUT2D eigenvalue weighted by molar-refractivity contribution is 6.08. The van der Waals surface area contributed by atoms with Crippen LogP contribution in [0.15, 0.2) is 0 Å². The Bertz CT molecular complexity index is 619. The van der Waals surface area contributed by atoms with Crippen LogP contribution in [0.1, 0.15) is 47.5 Å². The number of hydrogen-bond acceptors (Lipinski definition) is 6. The summed E-state index contributed by atoms with van der Waals surface area (Å²) in [7, 11) is 0. The number of urea groups is 2. The van der Waals surface area contributed by atoms with Crippen molar-refractivity contribution in [2.45, 2.75) is 59.0 Å². The summed E-state index contributed by atoms with van der Waals surface area (Å²) in [5.41, 5.74) is -1.06. The van der Waals surface area contributed by atoms with Crippen LogP contribution in [-0.4, -0.2) is 59.5 Å². The molecule has 10 nitrogen and oxygen atoms in total. The normalized spacial score (nSPS) is 19.3.